The fourth-order valence-electron chi connectivity index (χ4n) is 2.38. The van der Waals surface area contributed by atoms with Gasteiger partial charge < -0.3 is 0 Å². The molecule has 0 fully saturated rings. The van der Waals surface area contributed by atoms with Crippen LogP contribution in [0.4, 0.5) is 17.6 Å². The van der Waals surface area contributed by atoms with Crippen LogP contribution in [0.1, 0.15) is 5.56 Å². The lowest BCUT2D eigenvalue weighted by Crippen LogP contribution is -2.07. The molecule has 0 spiro atoms. The number of benzene rings is 1. The average molecular weight is 432 g/mol. The number of aromatic nitrogens is 2. The van der Waals surface area contributed by atoms with E-state index in [9.17, 15) is 17.6 Å². The van der Waals surface area contributed by atoms with Crippen LogP contribution < -0.4 is 0 Å². The van der Waals surface area contributed by atoms with Crippen LogP contribution in [-0.2, 0) is 6.18 Å². The normalized spacial score (nSPS) is 13.4. The summed E-state index contributed by atoms with van der Waals surface area (Å²) in [5.74, 6) is 0.0690. The van der Waals surface area contributed by atoms with Crippen LogP contribution in [0, 0.1) is 0 Å². The first-order chi connectivity index (χ1) is 11.6. The molecule has 1 aromatic carbocycles. The van der Waals surface area contributed by atoms with E-state index in [0.29, 0.717) is 22.0 Å². The van der Waals surface area contributed by atoms with Crippen molar-refractivity contribution in [3.63, 3.8) is 0 Å². The summed E-state index contributed by atoms with van der Waals surface area (Å²) >= 11 is 6.01. The number of hydrogen-bond acceptors (Lipinski definition) is 1. The third kappa shape index (κ3) is 3.43. The zero-order valence-electron chi connectivity index (χ0n) is 12.2. The van der Waals surface area contributed by atoms with E-state index >= 15 is 0 Å². The fraction of sp³-hybridized carbons (Fsp3) is 0.133. The van der Waals surface area contributed by atoms with Gasteiger partial charge >= 0.3 is 6.18 Å². The van der Waals surface area contributed by atoms with Crippen LogP contribution in [0.3, 0.4) is 0 Å². The topological polar surface area (TPSA) is 17.8 Å². The van der Waals surface area contributed by atoms with Crippen LogP contribution in [0.2, 0.25) is 5.02 Å². The lowest BCUT2D eigenvalue weighted by Gasteiger charge is -2.19. The third-order valence-corrected chi connectivity index (χ3v) is 6.52. The predicted molar refractivity (Wildman–Crippen MR) is 94.6 cm³/mol. The molecule has 2 nitrogen and oxygen atoms in total. The SMILES string of the molecule is FCS(Cl)(Cl)c1cn(-c2ncc(C(F)(F)F)cc2Cl)c2ccccc12. The van der Waals surface area contributed by atoms with Gasteiger partial charge in [0.15, 0.2) is 5.82 Å². The Kier molecular flexibility index (Phi) is 4.87. The van der Waals surface area contributed by atoms with Gasteiger partial charge in [-0.2, -0.15) is 13.2 Å². The molecule has 0 aliphatic rings. The highest BCUT2D eigenvalue weighted by atomic mass is 36.0. The molecule has 134 valence electrons. The van der Waals surface area contributed by atoms with Crippen molar-refractivity contribution in [1.82, 2.24) is 9.55 Å². The van der Waals surface area contributed by atoms with E-state index in [4.69, 9.17) is 33.0 Å². The number of fused-ring (bicyclic) bond motifs is 1. The van der Waals surface area contributed by atoms with Crippen molar-refractivity contribution in [1.29, 1.82) is 0 Å². The summed E-state index contributed by atoms with van der Waals surface area (Å²) in [6, 6.07) is 6.65. The maximum Gasteiger partial charge on any atom is 0.417 e. The molecule has 3 rings (SSSR count). The molecular weight excluding hydrogens is 423 g/mol. The Morgan fingerprint density at radius 1 is 1.16 bits per heavy atom. The van der Waals surface area contributed by atoms with E-state index in [1.165, 1.54) is 10.8 Å². The second kappa shape index (κ2) is 6.54. The third-order valence-electron chi connectivity index (χ3n) is 3.51. The van der Waals surface area contributed by atoms with E-state index in [1.54, 1.807) is 24.3 Å². The Bertz CT molecular complexity index is 940. The lowest BCUT2D eigenvalue weighted by atomic mass is 10.2. The van der Waals surface area contributed by atoms with Crippen molar-refractivity contribution >= 4 is 52.3 Å². The van der Waals surface area contributed by atoms with Crippen molar-refractivity contribution in [3.05, 3.63) is 53.3 Å². The fourth-order valence-corrected chi connectivity index (χ4v) is 4.25. The summed E-state index contributed by atoms with van der Waals surface area (Å²) in [4.78, 5) is 4.18. The molecule has 0 N–H and O–H groups in total. The maximum absolute atomic E-state index is 13.3. The van der Waals surface area contributed by atoms with Gasteiger partial charge in [-0.05, 0) is 42.0 Å². The number of pyridine rings is 1. The van der Waals surface area contributed by atoms with Crippen LogP contribution in [0.5, 0.6) is 0 Å². The van der Waals surface area contributed by atoms with Crippen LogP contribution >= 0.6 is 41.4 Å². The highest BCUT2D eigenvalue weighted by molar-refractivity contribution is 8.66. The standard InChI is InChI=1S/C15H9Cl3F4N2S/c16-11-5-9(15(20,21)22)6-23-14(11)24-7-13(25(17,18)8-19)10-3-1-2-4-12(10)24/h1-7H,8H2. The van der Waals surface area contributed by atoms with E-state index in [1.807, 2.05) is 0 Å². The summed E-state index contributed by atoms with van der Waals surface area (Å²) in [5, 5.41) is 0.380. The van der Waals surface area contributed by atoms with E-state index < -0.39 is 26.2 Å². The van der Waals surface area contributed by atoms with Gasteiger partial charge in [0.25, 0.3) is 0 Å². The second-order valence-corrected chi connectivity index (χ2v) is 10.9. The molecule has 0 radical (unpaired) electrons. The minimum atomic E-state index is -4.56. The molecule has 0 aliphatic heterocycles. The molecule has 0 amide bonds. The molecule has 2 aromatic heterocycles. The van der Waals surface area contributed by atoms with Gasteiger partial charge in [-0.25, -0.2) is 9.37 Å². The first kappa shape index (κ1) is 18.6. The zero-order chi connectivity index (χ0) is 18.4. The Hall–Kier alpha value is -1.15. The molecule has 0 unspecified atom stereocenters. The zero-order valence-corrected chi connectivity index (χ0v) is 15.3. The molecule has 0 atom stereocenters. The van der Waals surface area contributed by atoms with E-state index in [0.717, 1.165) is 6.07 Å². The average Bonchev–Trinajstić information content (AvgIpc) is 2.94. The number of hydrogen-bond donors (Lipinski definition) is 0. The Labute approximate surface area is 155 Å². The van der Waals surface area contributed by atoms with E-state index in [-0.39, 0.29) is 10.8 Å². The van der Waals surface area contributed by atoms with Gasteiger partial charge in [0.05, 0.1) is 16.1 Å². The van der Waals surface area contributed by atoms with Gasteiger partial charge in [0.1, 0.15) is 6.01 Å². The Morgan fingerprint density at radius 2 is 1.84 bits per heavy atom. The van der Waals surface area contributed by atoms with Gasteiger partial charge in [-0.15, -0.1) is 0 Å². The number of halogens is 7. The lowest BCUT2D eigenvalue weighted by molar-refractivity contribution is -0.137. The summed E-state index contributed by atoms with van der Waals surface area (Å²) < 4.78 is 53.1. The van der Waals surface area contributed by atoms with Gasteiger partial charge in [0, 0.05) is 22.7 Å². The van der Waals surface area contributed by atoms with Crippen LogP contribution in [0.25, 0.3) is 16.7 Å². The molecule has 2 heterocycles. The molecule has 3 aromatic rings. The monoisotopic (exact) mass is 430 g/mol. The highest BCUT2D eigenvalue weighted by Crippen LogP contribution is 2.67. The van der Waals surface area contributed by atoms with E-state index in [2.05, 4.69) is 4.98 Å². The van der Waals surface area contributed by atoms with Crippen molar-refractivity contribution in [2.45, 2.75) is 11.1 Å². The Morgan fingerprint density at radius 3 is 2.44 bits per heavy atom. The minimum Gasteiger partial charge on any atom is -0.299 e. The summed E-state index contributed by atoms with van der Waals surface area (Å²) in [7, 11) is 9.47. The quantitative estimate of drug-likeness (QED) is 0.405. The number of nitrogens with zero attached hydrogens (tertiary/aromatic N) is 2. The largest absolute Gasteiger partial charge is 0.417 e. The summed E-state index contributed by atoms with van der Waals surface area (Å²) in [5.41, 5.74) is -0.408. The summed E-state index contributed by atoms with van der Waals surface area (Å²) in [6.45, 7) is 0. The molecule has 0 aliphatic carbocycles. The number of alkyl halides is 4. The first-order valence-corrected chi connectivity index (χ1v) is 10.6. The minimum absolute atomic E-state index is 0.0690. The molecule has 10 heteroatoms. The van der Waals surface area contributed by atoms with Crippen molar-refractivity contribution in [3.8, 4) is 5.82 Å². The van der Waals surface area contributed by atoms with Crippen LogP contribution in [-0.4, -0.2) is 15.6 Å². The first-order valence-electron chi connectivity index (χ1n) is 6.74. The number of para-hydroxylation sites is 1. The van der Waals surface area contributed by atoms with Crippen molar-refractivity contribution in [2.24, 2.45) is 0 Å². The predicted octanol–water partition coefficient (Wildman–Crippen LogP) is 7.10. The molecule has 0 bridgehead atoms. The number of rotatable bonds is 3. The van der Waals surface area contributed by atoms with Gasteiger partial charge in [0.2, 0.25) is 0 Å². The maximum atomic E-state index is 13.3. The second-order valence-electron chi connectivity index (χ2n) is 5.09. The molecule has 0 saturated heterocycles. The molecule has 25 heavy (non-hydrogen) atoms. The molecule has 0 saturated carbocycles. The van der Waals surface area contributed by atoms with Crippen molar-refractivity contribution in [2.75, 3.05) is 6.01 Å². The molecular formula is C15H9Cl3F4N2S. The van der Waals surface area contributed by atoms with Gasteiger partial charge in [-0.3, -0.25) is 4.57 Å². The smallest absolute Gasteiger partial charge is 0.299 e. The summed E-state index contributed by atoms with van der Waals surface area (Å²) in [6.07, 6.45) is -2.41. The van der Waals surface area contributed by atoms with Crippen molar-refractivity contribution < 1.29 is 17.6 Å². The Balaban J connectivity index is 2.24. The van der Waals surface area contributed by atoms with Crippen LogP contribution in [0.15, 0.2) is 47.6 Å². The van der Waals surface area contributed by atoms with Gasteiger partial charge in [-0.1, -0.05) is 29.8 Å². The highest BCUT2D eigenvalue weighted by Gasteiger charge is 2.32.